The van der Waals surface area contributed by atoms with E-state index >= 15 is 0 Å². The summed E-state index contributed by atoms with van der Waals surface area (Å²) in [5.74, 6) is 1.66. The number of hydrogen-bond donors (Lipinski definition) is 2. The second-order valence-electron chi connectivity index (χ2n) is 4.16. The number of benzene rings is 1. The van der Waals surface area contributed by atoms with Crippen LogP contribution in [0.1, 0.15) is 6.42 Å². The van der Waals surface area contributed by atoms with Crippen LogP contribution in [0.4, 0.5) is 23.0 Å². The van der Waals surface area contributed by atoms with Crippen molar-refractivity contribution in [2.45, 2.75) is 6.42 Å². The normalized spacial score (nSPS) is 12.6. The average Bonchev–Trinajstić information content (AvgIpc) is 2.43. The van der Waals surface area contributed by atoms with Crippen LogP contribution in [-0.4, -0.2) is 23.1 Å². The summed E-state index contributed by atoms with van der Waals surface area (Å²) in [6.07, 6.45) is 4.33. The predicted octanol–water partition coefficient (Wildman–Crippen LogP) is 2.02. The van der Waals surface area contributed by atoms with Crippen LogP contribution in [0.25, 0.3) is 0 Å². The molecule has 2 aromatic rings. The number of rotatable bonds is 3. The Morgan fingerprint density at radius 1 is 1.17 bits per heavy atom. The molecule has 5 heteroatoms. The number of para-hydroxylation sites is 2. The molecule has 0 atom stereocenters. The molecule has 18 heavy (non-hydrogen) atoms. The molecule has 0 unspecified atom stereocenters. The maximum Gasteiger partial charge on any atom is 0.176 e. The van der Waals surface area contributed by atoms with Gasteiger partial charge in [0.2, 0.25) is 0 Å². The molecule has 0 radical (unpaired) electrons. The van der Waals surface area contributed by atoms with Crippen LogP contribution in [0, 0.1) is 0 Å². The zero-order chi connectivity index (χ0) is 12.4. The van der Waals surface area contributed by atoms with E-state index in [0.717, 1.165) is 36.0 Å². The fourth-order valence-electron chi connectivity index (χ4n) is 2.15. The van der Waals surface area contributed by atoms with E-state index in [2.05, 4.69) is 26.3 Å². The highest BCUT2D eigenvalue weighted by molar-refractivity contribution is 5.87. The second-order valence-corrected chi connectivity index (χ2v) is 4.16. The van der Waals surface area contributed by atoms with Gasteiger partial charge in [0.05, 0.1) is 11.4 Å². The highest BCUT2D eigenvalue weighted by Crippen LogP contribution is 2.40. The Bertz CT molecular complexity index is 509. The Balaban J connectivity index is 2.05. The van der Waals surface area contributed by atoms with Gasteiger partial charge in [-0.25, -0.2) is 9.97 Å². The molecule has 1 aliphatic rings. The molecule has 1 aromatic carbocycles. The molecule has 92 valence electrons. The number of nitrogens with two attached hydrogens (primary N) is 1. The molecule has 1 aliphatic heterocycles. The Morgan fingerprint density at radius 2 is 2.00 bits per heavy atom. The summed E-state index contributed by atoms with van der Waals surface area (Å²) in [7, 11) is 0. The van der Waals surface area contributed by atoms with Crippen molar-refractivity contribution in [1.29, 1.82) is 0 Å². The third kappa shape index (κ3) is 1.78. The SMILES string of the molecule is NCCCN1c2ccccc2Nc2nccnc21. The van der Waals surface area contributed by atoms with Crippen molar-refractivity contribution in [3.63, 3.8) is 0 Å². The van der Waals surface area contributed by atoms with Gasteiger partial charge in [-0.3, -0.25) is 0 Å². The highest BCUT2D eigenvalue weighted by atomic mass is 15.3. The minimum atomic E-state index is 0.668. The van der Waals surface area contributed by atoms with Crippen molar-refractivity contribution in [2.75, 3.05) is 23.3 Å². The van der Waals surface area contributed by atoms with Gasteiger partial charge in [-0.15, -0.1) is 0 Å². The summed E-state index contributed by atoms with van der Waals surface area (Å²) in [6, 6.07) is 8.16. The van der Waals surface area contributed by atoms with E-state index in [1.165, 1.54) is 0 Å². The van der Waals surface area contributed by atoms with Crippen LogP contribution in [-0.2, 0) is 0 Å². The quantitative estimate of drug-likeness (QED) is 0.860. The first-order valence-electron chi connectivity index (χ1n) is 6.05. The smallest absolute Gasteiger partial charge is 0.176 e. The zero-order valence-corrected chi connectivity index (χ0v) is 10.0. The monoisotopic (exact) mass is 241 g/mol. The summed E-state index contributed by atoms with van der Waals surface area (Å²) in [6.45, 7) is 1.52. The van der Waals surface area contributed by atoms with Crippen molar-refractivity contribution in [1.82, 2.24) is 9.97 Å². The van der Waals surface area contributed by atoms with Gasteiger partial charge >= 0.3 is 0 Å². The lowest BCUT2D eigenvalue weighted by Crippen LogP contribution is -2.26. The summed E-state index contributed by atoms with van der Waals surface area (Å²) < 4.78 is 0. The molecule has 3 N–H and O–H groups in total. The average molecular weight is 241 g/mol. The first-order chi connectivity index (χ1) is 8.90. The van der Waals surface area contributed by atoms with Crippen molar-refractivity contribution in [2.24, 2.45) is 5.73 Å². The minimum absolute atomic E-state index is 0.668. The third-order valence-corrected chi connectivity index (χ3v) is 2.97. The fourth-order valence-corrected chi connectivity index (χ4v) is 2.15. The molecular formula is C13H15N5. The van der Waals surface area contributed by atoms with Crippen LogP contribution in [0.2, 0.25) is 0 Å². The first-order valence-corrected chi connectivity index (χ1v) is 6.05. The predicted molar refractivity (Wildman–Crippen MR) is 72.4 cm³/mol. The van der Waals surface area contributed by atoms with Gasteiger partial charge in [0.1, 0.15) is 0 Å². The maximum absolute atomic E-state index is 5.61. The van der Waals surface area contributed by atoms with Crippen molar-refractivity contribution >= 4 is 23.0 Å². The lowest BCUT2D eigenvalue weighted by molar-refractivity contribution is 0.806. The van der Waals surface area contributed by atoms with E-state index in [9.17, 15) is 0 Å². The van der Waals surface area contributed by atoms with Gasteiger partial charge in [-0.1, -0.05) is 12.1 Å². The summed E-state index contributed by atoms with van der Waals surface area (Å²) in [4.78, 5) is 10.9. The Hall–Kier alpha value is -2.14. The molecule has 0 fully saturated rings. The molecule has 1 aromatic heterocycles. The fraction of sp³-hybridized carbons (Fsp3) is 0.231. The van der Waals surface area contributed by atoms with E-state index in [4.69, 9.17) is 5.73 Å². The molecule has 0 saturated carbocycles. The molecule has 3 rings (SSSR count). The number of hydrogen-bond acceptors (Lipinski definition) is 5. The van der Waals surface area contributed by atoms with Gasteiger partial charge in [0.25, 0.3) is 0 Å². The Labute approximate surface area is 106 Å². The molecule has 0 bridgehead atoms. The van der Waals surface area contributed by atoms with Gasteiger partial charge in [-0.2, -0.15) is 0 Å². The largest absolute Gasteiger partial charge is 0.335 e. The third-order valence-electron chi connectivity index (χ3n) is 2.97. The summed E-state index contributed by atoms with van der Waals surface area (Å²) in [5, 5.41) is 3.30. The van der Waals surface area contributed by atoms with E-state index in [-0.39, 0.29) is 0 Å². The molecular weight excluding hydrogens is 226 g/mol. The molecule has 0 spiro atoms. The zero-order valence-electron chi connectivity index (χ0n) is 10.0. The number of nitrogens with one attached hydrogen (secondary N) is 1. The van der Waals surface area contributed by atoms with Gasteiger partial charge in [0, 0.05) is 18.9 Å². The molecule has 5 nitrogen and oxygen atoms in total. The lowest BCUT2D eigenvalue weighted by Gasteiger charge is -2.31. The van der Waals surface area contributed by atoms with Crippen molar-refractivity contribution in [3.05, 3.63) is 36.7 Å². The Kier molecular flexibility index (Phi) is 2.82. The molecule has 2 heterocycles. The van der Waals surface area contributed by atoms with Crippen LogP contribution >= 0.6 is 0 Å². The van der Waals surface area contributed by atoms with E-state index in [1.807, 2.05) is 18.2 Å². The van der Waals surface area contributed by atoms with Gasteiger partial charge in [0.15, 0.2) is 11.6 Å². The lowest BCUT2D eigenvalue weighted by atomic mass is 10.2. The maximum atomic E-state index is 5.61. The van der Waals surface area contributed by atoms with Crippen molar-refractivity contribution in [3.8, 4) is 0 Å². The number of anilines is 4. The standard InChI is InChI=1S/C13H15N5/c14-6-3-9-18-11-5-2-1-4-10(11)17-12-13(18)16-8-7-15-12/h1-2,4-5,7-8H,3,6,9,14H2,(H,15,17). The summed E-state index contributed by atoms with van der Waals surface area (Å²) >= 11 is 0. The first kappa shape index (κ1) is 11.0. The molecule has 0 aliphatic carbocycles. The van der Waals surface area contributed by atoms with E-state index < -0.39 is 0 Å². The minimum Gasteiger partial charge on any atom is -0.335 e. The van der Waals surface area contributed by atoms with Crippen LogP contribution in [0.3, 0.4) is 0 Å². The van der Waals surface area contributed by atoms with Crippen LogP contribution < -0.4 is 16.0 Å². The summed E-state index contributed by atoms with van der Waals surface area (Å²) in [5.41, 5.74) is 7.79. The van der Waals surface area contributed by atoms with Crippen LogP contribution in [0.5, 0.6) is 0 Å². The highest BCUT2D eigenvalue weighted by Gasteiger charge is 2.23. The second kappa shape index (κ2) is 4.62. The molecule has 0 amide bonds. The van der Waals surface area contributed by atoms with Crippen LogP contribution in [0.15, 0.2) is 36.7 Å². The number of nitrogens with zero attached hydrogens (tertiary/aromatic N) is 3. The van der Waals surface area contributed by atoms with Crippen molar-refractivity contribution < 1.29 is 0 Å². The number of fused-ring (bicyclic) bond motifs is 2. The Morgan fingerprint density at radius 3 is 2.89 bits per heavy atom. The topological polar surface area (TPSA) is 67.1 Å². The molecule has 0 saturated heterocycles. The number of aromatic nitrogens is 2. The van der Waals surface area contributed by atoms with E-state index in [1.54, 1.807) is 12.4 Å². The van der Waals surface area contributed by atoms with Gasteiger partial charge in [-0.05, 0) is 25.1 Å². The van der Waals surface area contributed by atoms with E-state index in [0.29, 0.717) is 6.54 Å². The van der Waals surface area contributed by atoms with Gasteiger partial charge < -0.3 is 16.0 Å².